The standard InChI is InChI=1S/C18H19N3O5S2/c1-11(2)16(17(22)20-23)21-28(24,25)13-8-9-14-15(10-13)27-18(19-14)26-12-6-4-3-5-7-12/h3-11,16,21,23H,1-2H3,(H,20,22)/t16-/m1/s1. The summed E-state index contributed by atoms with van der Waals surface area (Å²) in [7, 11) is -3.98. The molecule has 1 atom stereocenters. The number of hydrogen-bond donors (Lipinski definition) is 3. The molecular weight excluding hydrogens is 402 g/mol. The highest BCUT2D eigenvalue weighted by molar-refractivity contribution is 7.89. The van der Waals surface area contributed by atoms with Crippen molar-refractivity contribution in [1.29, 1.82) is 0 Å². The number of nitrogens with zero attached hydrogens (tertiary/aromatic N) is 1. The van der Waals surface area contributed by atoms with Gasteiger partial charge in [0, 0.05) is 0 Å². The van der Waals surface area contributed by atoms with Gasteiger partial charge in [0.2, 0.25) is 10.0 Å². The van der Waals surface area contributed by atoms with E-state index in [-0.39, 0.29) is 10.8 Å². The largest absolute Gasteiger partial charge is 0.431 e. The topological polar surface area (TPSA) is 118 Å². The number of amides is 1. The fraction of sp³-hybridized carbons (Fsp3) is 0.222. The number of rotatable bonds is 7. The summed E-state index contributed by atoms with van der Waals surface area (Å²) >= 11 is 1.21. The summed E-state index contributed by atoms with van der Waals surface area (Å²) in [5, 5.41) is 9.22. The van der Waals surface area contributed by atoms with Gasteiger partial charge < -0.3 is 4.74 Å². The summed E-state index contributed by atoms with van der Waals surface area (Å²) in [4.78, 5) is 16.1. The molecule has 28 heavy (non-hydrogen) atoms. The first-order chi connectivity index (χ1) is 13.3. The van der Waals surface area contributed by atoms with E-state index in [9.17, 15) is 13.2 Å². The van der Waals surface area contributed by atoms with Gasteiger partial charge in [-0.15, -0.1) is 0 Å². The Morgan fingerprint density at radius 2 is 1.89 bits per heavy atom. The number of ether oxygens (including phenoxy) is 1. The molecule has 0 spiro atoms. The molecule has 0 unspecified atom stereocenters. The minimum Gasteiger partial charge on any atom is -0.431 e. The minimum atomic E-state index is -3.98. The number of carbonyl (C=O) groups excluding carboxylic acids is 1. The van der Waals surface area contributed by atoms with E-state index in [1.54, 1.807) is 32.0 Å². The van der Waals surface area contributed by atoms with Crippen molar-refractivity contribution in [3.8, 4) is 10.9 Å². The van der Waals surface area contributed by atoms with Gasteiger partial charge in [-0.2, -0.15) is 4.72 Å². The second-order valence-electron chi connectivity index (χ2n) is 6.34. The van der Waals surface area contributed by atoms with Crippen LogP contribution >= 0.6 is 11.3 Å². The number of carbonyl (C=O) groups is 1. The van der Waals surface area contributed by atoms with Crippen molar-refractivity contribution < 1.29 is 23.2 Å². The maximum atomic E-state index is 12.7. The molecule has 3 N–H and O–H groups in total. The molecule has 148 valence electrons. The summed E-state index contributed by atoms with van der Waals surface area (Å²) in [6.07, 6.45) is 0. The molecule has 3 rings (SSSR count). The first-order valence-electron chi connectivity index (χ1n) is 8.40. The van der Waals surface area contributed by atoms with E-state index >= 15 is 0 Å². The Bertz CT molecular complexity index is 1080. The normalized spacial score (nSPS) is 12.9. The van der Waals surface area contributed by atoms with Crippen LogP contribution in [0.1, 0.15) is 13.8 Å². The number of fused-ring (bicyclic) bond motifs is 1. The van der Waals surface area contributed by atoms with Crippen LogP contribution in [0.15, 0.2) is 53.4 Å². The lowest BCUT2D eigenvalue weighted by Gasteiger charge is -2.20. The summed E-state index contributed by atoms with van der Waals surface area (Å²) in [5.74, 6) is -0.554. The second kappa shape index (κ2) is 8.23. The lowest BCUT2D eigenvalue weighted by Crippen LogP contribution is -2.48. The van der Waals surface area contributed by atoms with E-state index in [4.69, 9.17) is 9.94 Å². The number of para-hydroxylation sites is 1. The zero-order valence-corrected chi connectivity index (χ0v) is 16.8. The molecule has 1 amide bonds. The van der Waals surface area contributed by atoms with Gasteiger partial charge in [0.15, 0.2) is 0 Å². The molecule has 0 saturated carbocycles. The fourth-order valence-corrected chi connectivity index (χ4v) is 4.80. The van der Waals surface area contributed by atoms with E-state index in [2.05, 4.69) is 9.71 Å². The van der Waals surface area contributed by atoms with Gasteiger partial charge in [-0.25, -0.2) is 18.9 Å². The van der Waals surface area contributed by atoms with Gasteiger partial charge in [0.1, 0.15) is 11.8 Å². The molecule has 0 aliphatic rings. The van der Waals surface area contributed by atoms with E-state index in [0.717, 1.165) is 0 Å². The molecule has 1 aromatic heterocycles. The summed E-state index contributed by atoms with van der Waals surface area (Å²) < 4.78 is 34.0. The van der Waals surface area contributed by atoms with Crippen LogP contribution in [-0.2, 0) is 14.8 Å². The average Bonchev–Trinajstić information content (AvgIpc) is 3.07. The van der Waals surface area contributed by atoms with Gasteiger partial charge in [-0.05, 0) is 36.2 Å². The highest BCUT2D eigenvalue weighted by Crippen LogP contribution is 2.32. The quantitative estimate of drug-likeness (QED) is 0.399. The Kier molecular flexibility index (Phi) is 5.94. The first-order valence-corrected chi connectivity index (χ1v) is 10.7. The Hall–Kier alpha value is -2.53. The number of aromatic nitrogens is 1. The van der Waals surface area contributed by atoms with Gasteiger partial charge in [0.05, 0.1) is 15.1 Å². The van der Waals surface area contributed by atoms with Crippen molar-refractivity contribution in [2.75, 3.05) is 0 Å². The minimum absolute atomic E-state index is 0.00805. The summed E-state index contributed by atoms with van der Waals surface area (Å²) in [6, 6.07) is 12.5. The molecular formula is C18H19N3O5S2. The van der Waals surface area contributed by atoms with Gasteiger partial charge in [-0.3, -0.25) is 10.0 Å². The molecule has 0 aliphatic heterocycles. The van der Waals surface area contributed by atoms with Gasteiger partial charge in [0.25, 0.3) is 11.1 Å². The van der Waals surface area contributed by atoms with E-state index in [0.29, 0.717) is 21.2 Å². The molecule has 0 radical (unpaired) electrons. The highest BCUT2D eigenvalue weighted by Gasteiger charge is 2.28. The molecule has 1 heterocycles. The second-order valence-corrected chi connectivity index (χ2v) is 9.05. The Morgan fingerprint density at radius 3 is 2.54 bits per heavy atom. The van der Waals surface area contributed by atoms with Crippen molar-refractivity contribution in [2.24, 2.45) is 5.92 Å². The SMILES string of the molecule is CC(C)[C@@H](NS(=O)(=O)c1ccc2nc(Oc3ccccc3)sc2c1)C(=O)NO. The summed E-state index contributed by atoms with van der Waals surface area (Å²) in [6.45, 7) is 3.34. The summed E-state index contributed by atoms with van der Waals surface area (Å²) in [5.41, 5.74) is 2.09. The zero-order chi connectivity index (χ0) is 20.3. The molecule has 10 heteroatoms. The van der Waals surface area contributed by atoms with Crippen molar-refractivity contribution in [3.63, 3.8) is 0 Å². The third-order valence-corrected chi connectivity index (χ3v) is 6.28. The molecule has 0 fully saturated rings. The lowest BCUT2D eigenvalue weighted by molar-refractivity contribution is -0.131. The number of thiazole rings is 1. The van der Waals surface area contributed by atoms with Crippen LogP contribution in [0.25, 0.3) is 10.2 Å². The Balaban J connectivity index is 1.87. The monoisotopic (exact) mass is 421 g/mol. The fourth-order valence-electron chi connectivity index (χ4n) is 2.48. The molecule has 2 aromatic carbocycles. The number of sulfonamides is 1. The first kappa shape index (κ1) is 20.2. The highest BCUT2D eigenvalue weighted by atomic mass is 32.2. The van der Waals surface area contributed by atoms with Gasteiger partial charge in [-0.1, -0.05) is 43.4 Å². The van der Waals surface area contributed by atoms with Crippen LogP contribution < -0.4 is 14.9 Å². The number of hydrogen-bond acceptors (Lipinski definition) is 7. The third kappa shape index (κ3) is 4.47. The van der Waals surface area contributed by atoms with Crippen LogP contribution in [0.5, 0.6) is 10.9 Å². The van der Waals surface area contributed by atoms with Crippen molar-refractivity contribution >= 4 is 37.5 Å². The molecule has 8 nitrogen and oxygen atoms in total. The van der Waals surface area contributed by atoms with Crippen molar-refractivity contribution in [1.82, 2.24) is 15.2 Å². The van der Waals surface area contributed by atoms with Crippen molar-refractivity contribution in [3.05, 3.63) is 48.5 Å². The average molecular weight is 422 g/mol. The van der Waals surface area contributed by atoms with Crippen LogP contribution in [0.2, 0.25) is 0 Å². The van der Waals surface area contributed by atoms with E-state index < -0.39 is 22.0 Å². The molecule has 3 aromatic rings. The van der Waals surface area contributed by atoms with Gasteiger partial charge >= 0.3 is 0 Å². The van der Waals surface area contributed by atoms with Crippen molar-refractivity contribution in [2.45, 2.75) is 24.8 Å². The Morgan fingerprint density at radius 1 is 1.18 bits per heavy atom. The number of hydroxylamine groups is 1. The smallest absolute Gasteiger partial charge is 0.279 e. The Labute approximate surface area is 166 Å². The third-order valence-electron chi connectivity index (χ3n) is 3.94. The number of nitrogens with one attached hydrogen (secondary N) is 2. The molecule has 0 saturated heterocycles. The zero-order valence-electron chi connectivity index (χ0n) is 15.1. The molecule has 0 aliphatic carbocycles. The van der Waals surface area contributed by atoms with Crippen LogP contribution in [0.3, 0.4) is 0 Å². The maximum Gasteiger partial charge on any atom is 0.279 e. The van der Waals surface area contributed by atoms with Crippen LogP contribution in [0.4, 0.5) is 0 Å². The maximum absolute atomic E-state index is 12.7. The lowest BCUT2D eigenvalue weighted by atomic mass is 10.1. The van der Waals surface area contributed by atoms with Crippen LogP contribution in [-0.4, -0.2) is 30.6 Å². The van der Waals surface area contributed by atoms with Crippen LogP contribution in [0, 0.1) is 5.92 Å². The van der Waals surface area contributed by atoms with E-state index in [1.165, 1.54) is 28.9 Å². The van der Waals surface area contributed by atoms with E-state index in [1.807, 2.05) is 18.2 Å². The molecule has 0 bridgehead atoms. The number of benzene rings is 2. The predicted molar refractivity (Wildman–Crippen MR) is 105 cm³/mol. The predicted octanol–water partition coefficient (Wildman–Crippen LogP) is 2.90.